The first-order valence-electron chi connectivity index (χ1n) is 9.40. The molecule has 0 bridgehead atoms. The Morgan fingerprint density at radius 2 is 1.97 bits per heavy atom. The first-order valence-corrected chi connectivity index (χ1v) is 9.40. The van der Waals surface area contributed by atoms with Crippen LogP contribution < -0.4 is 10.2 Å². The molecule has 152 valence electrons. The Morgan fingerprint density at radius 1 is 1.20 bits per heavy atom. The smallest absolute Gasteiger partial charge is 0.252 e. The summed E-state index contributed by atoms with van der Waals surface area (Å²) in [7, 11) is 1.78. The van der Waals surface area contributed by atoms with Crippen LogP contribution in [-0.2, 0) is 4.74 Å². The zero-order valence-corrected chi connectivity index (χ0v) is 16.6. The average Bonchev–Trinajstić information content (AvgIpc) is 3.22. The number of azo groups is 1. The van der Waals surface area contributed by atoms with Crippen LogP contribution in [0.15, 0.2) is 41.0 Å². The van der Waals surface area contributed by atoms with Crippen molar-refractivity contribution >= 4 is 23.1 Å². The van der Waals surface area contributed by atoms with Crippen molar-refractivity contribution in [2.45, 2.75) is 6.92 Å². The second-order valence-electron chi connectivity index (χ2n) is 6.50. The fourth-order valence-corrected chi connectivity index (χ4v) is 3.06. The lowest BCUT2D eigenvalue weighted by atomic mass is 10.2. The molecule has 30 heavy (non-hydrogen) atoms. The second kappa shape index (κ2) is 8.62. The van der Waals surface area contributed by atoms with E-state index in [-0.39, 0.29) is 11.4 Å². The van der Waals surface area contributed by atoms with Crippen LogP contribution in [0.25, 0.3) is 5.95 Å². The predicted octanol–water partition coefficient (Wildman–Crippen LogP) is 2.53. The number of hydrogen-bond acceptors (Lipinski definition) is 10. The van der Waals surface area contributed by atoms with Crippen LogP contribution >= 0.6 is 0 Å². The van der Waals surface area contributed by atoms with Crippen LogP contribution in [0.4, 0.5) is 23.1 Å². The fraction of sp³-hybridized carbons (Fsp3) is 0.316. The van der Waals surface area contributed by atoms with E-state index >= 15 is 0 Å². The third-order valence-corrected chi connectivity index (χ3v) is 4.59. The highest BCUT2D eigenvalue weighted by molar-refractivity contribution is 5.68. The first-order chi connectivity index (χ1) is 14.7. The molecule has 0 aromatic carbocycles. The summed E-state index contributed by atoms with van der Waals surface area (Å²) >= 11 is 0. The molecule has 3 aromatic rings. The van der Waals surface area contributed by atoms with Crippen LogP contribution in [0.3, 0.4) is 0 Å². The SMILES string of the molecule is CNc1nc(N2CCOCC2)cc(C)c1/N=N/c1c(C#N)cnn1-c1ncccn1. The molecule has 0 spiro atoms. The van der Waals surface area contributed by atoms with Gasteiger partial charge in [-0.15, -0.1) is 10.2 Å². The molecule has 1 fully saturated rings. The predicted molar refractivity (Wildman–Crippen MR) is 110 cm³/mol. The molecule has 0 atom stereocenters. The van der Waals surface area contributed by atoms with Crippen molar-refractivity contribution in [1.29, 1.82) is 5.26 Å². The quantitative estimate of drug-likeness (QED) is 0.642. The molecule has 1 aliphatic rings. The van der Waals surface area contributed by atoms with Gasteiger partial charge in [0.15, 0.2) is 11.6 Å². The van der Waals surface area contributed by atoms with Crippen LogP contribution in [0.5, 0.6) is 0 Å². The zero-order valence-electron chi connectivity index (χ0n) is 16.6. The van der Waals surface area contributed by atoms with Crippen LogP contribution in [0.1, 0.15) is 11.1 Å². The maximum absolute atomic E-state index is 9.43. The summed E-state index contributed by atoms with van der Waals surface area (Å²) in [6, 6.07) is 5.75. The Morgan fingerprint density at radius 3 is 2.67 bits per heavy atom. The van der Waals surface area contributed by atoms with Gasteiger partial charge in [-0.2, -0.15) is 15.0 Å². The molecular formula is C19H20N10O. The molecular weight excluding hydrogens is 384 g/mol. The minimum absolute atomic E-state index is 0.252. The minimum atomic E-state index is 0.252. The van der Waals surface area contributed by atoms with E-state index in [1.165, 1.54) is 10.9 Å². The van der Waals surface area contributed by atoms with Gasteiger partial charge in [-0.1, -0.05) is 0 Å². The van der Waals surface area contributed by atoms with Crippen LogP contribution in [0, 0.1) is 18.3 Å². The van der Waals surface area contributed by atoms with Crippen molar-refractivity contribution in [2.24, 2.45) is 10.2 Å². The number of aromatic nitrogens is 5. The number of anilines is 2. The van der Waals surface area contributed by atoms with Gasteiger partial charge in [0.1, 0.15) is 23.1 Å². The Bertz CT molecular complexity index is 1100. The van der Waals surface area contributed by atoms with Gasteiger partial charge in [0.05, 0.1) is 19.4 Å². The van der Waals surface area contributed by atoms with Crippen LogP contribution in [0.2, 0.25) is 0 Å². The number of aryl methyl sites for hydroxylation is 1. The lowest BCUT2D eigenvalue weighted by molar-refractivity contribution is 0.122. The fourth-order valence-electron chi connectivity index (χ4n) is 3.06. The zero-order chi connectivity index (χ0) is 20.9. The van der Waals surface area contributed by atoms with Gasteiger partial charge in [0.25, 0.3) is 5.95 Å². The van der Waals surface area contributed by atoms with E-state index < -0.39 is 0 Å². The summed E-state index contributed by atoms with van der Waals surface area (Å²) < 4.78 is 6.80. The monoisotopic (exact) mass is 404 g/mol. The van der Waals surface area contributed by atoms with Gasteiger partial charge >= 0.3 is 0 Å². The molecule has 0 saturated carbocycles. The average molecular weight is 404 g/mol. The van der Waals surface area contributed by atoms with Crippen molar-refractivity contribution in [1.82, 2.24) is 24.7 Å². The normalized spacial score (nSPS) is 14.1. The largest absolute Gasteiger partial charge is 0.378 e. The van der Waals surface area contributed by atoms with E-state index in [0.717, 1.165) is 24.5 Å². The maximum Gasteiger partial charge on any atom is 0.252 e. The molecule has 0 unspecified atom stereocenters. The number of hydrogen-bond donors (Lipinski definition) is 1. The molecule has 0 aliphatic carbocycles. The standard InChI is InChI=1S/C19H20N10O/c1-13-10-15(28-6-8-30-9-7-28)25-17(21-2)16(13)26-27-18-14(11-20)12-24-29(18)19-22-4-3-5-23-19/h3-5,10,12H,6-9H2,1-2H3,(H,21,25)/b27-26+. The molecule has 11 heteroatoms. The van der Waals surface area contributed by atoms with Gasteiger partial charge < -0.3 is 15.0 Å². The number of nitriles is 1. The lowest BCUT2D eigenvalue weighted by Gasteiger charge is -2.28. The number of nitrogens with zero attached hydrogens (tertiary/aromatic N) is 9. The highest BCUT2D eigenvalue weighted by Gasteiger charge is 2.18. The summed E-state index contributed by atoms with van der Waals surface area (Å²) in [6.07, 6.45) is 4.60. The molecule has 1 aliphatic heterocycles. The second-order valence-corrected chi connectivity index (χ2v) is 6.50. The third kappa shape index (κ3) is 3.81. The highest BCUT2D eigenvalue weighted by atomic mass is 16.5. The third-order valence-electron chi connectivity index (χ3n) is 4.59. The van der Waals surface area contributed by atoms with Crippen LogP contribution in [-0.4, -0.2) is 58.1 Å². The summed E-state index contributed by atoms with van der Waals surface area (Å²) in [4.78, 5) is 15.2. The van der Waals surface area contributed by atoms with Gasteiger partial charge in [-0.25, -0.2) is 15.0 Å². The molecule has 4 heterocycles. The van der Waals surface area contributed by atoms with Crippen molar-refractivity contribution in [3.05, 3.63) is 41.9 Å². The van der Waals surface area contributed by atoms with E-state index in [1.807, 2.05) is 13.0 Å². The Balaban J connectivity index is 1.71. The lowest BCUT2D eigenvalue weighted by Crippen LogP contribution is -2.36. The first kappa shape index (κ1) is 19.4. The van der Waals surface area contributed by atoms with Crippen molar-refractivity contribution < 1.29 is 4.74 Å². The summed E-state index contributed by atoms with van der Waals surface area (Å²) in [5.74, 6) is 2.02. The summed E-state index contributed by atoms with van der Waals surface area (Å²) in [5, 5.41) is 25.4. The van der Waals surface area contributed by atoms with Crippen molar-refractivity contribution in [2.75, 3.05) is 43.6 Å². The Kier molecular flexibility index (Phi) is 5.58. The van der Waals surface area contributed by atoms with Gasteiger partial charge in [-0.05, 0) is 24.6 Å². The molecule has 1 N–H and O–H groups in total. The summed E-state index contributed by atoms with van der Waals surface area (Å²) in [6.45, 7) is 4.89. The number of rotatable bonds is 5. The molecule has 4 rings (SSSR count). The van der Waals surface area contributed by atoms with Gasteiger partial charge in [0.2, 0.25) is 0 Å². The van der Waals surface area contributed by atoms with Crippen molar-refractivity contribution in [3.8, 4) is 12.0 Å². The van der Waals surface area contributed by atoms with E-state index in [0.29, 0.717) is 30.7 Å². The van der Waals surface area contributed by atoms with E-state index in [9.17, 15) is 5.26 Å². The Labute approximate surface area is 173 Å². The van der Waals surface area contributed by atoms with E-state index in [2.05, 4.69) is 41.6 Å². The molecule has 0 amide bonds. The number of nitrogens with one attached hydrogen (secondary N) is 1. The topological polar surface area (TPSA) is 130 Å². The minimum Gasteiger partial charge on any atom is -0.378 e. The molecule has 0 radical (unpaired) electrons. The Hall–Kier alpha value is -3.91. The van der Waals surface area contributed by atoms with Crippen molar-refractivity contribution in [3.63, 3.8) is 0 Å². The maximum atomic E-state index is 9.43. The highest BCUT2D eigenvalue weighted by Crippen LogP contribution is 2.33. The van der Waals surface area contributed by atoms with Gasteiger partial charge in [0, 0.05) is 32.5 Å². The molecule has 1 saturated heterocycles. The summed E-state index contributed by atoms with van der Waals surface area (Å²) in [5.41, 5.74) is 1.76. The number of morpholine rings is 1. The van der Waals surface area contributed by atoms with E-state index in [1.54, 1.807) is 25.5 Å². The number of pyridine rings is 1. The molecule has 3 aromatic heterocycles. The molecule has 11 nitrogen and oxygen atoms in total. The number of ether oxygens (including phenoxy) is 1. The van der Waals surface area contributed by atoms with Gasteiger partial charge in [-0.3, -0.25) is 0 Å². The van der Waals surface area contributed by atoms with E-state index in [4.69, 9.17) is 9.72 Å².